The summed E-state index contributed by atoms with van der Waals surface area (Å²) in [6, 6.07) is 5.27. The van der Waals surface area contributed by atoms with Gasteiger partial charge in [0.2, 0.25) is 10.0 Å². The second kappa shape index (κ2) is 7.97. The molecular formula is C17H25NO6S. The summed E-state index contributed by atoms with van der Waals surface area (Å²) in [4.78, 5) is 23.6. The van der Waals surface area contributed by atoms with Crippen molar-refractivity contribution in [3.63, 3.8) is 0 Å². The van der Waals surface area contributed by atoms with Crippen LogP contribution < -0.4 is 0 Å². The highest BCUT2D eigenvalue weighted by Gasteiger charge is 2.24. The lowest BCUT2D eigenvalue weighted by Gasteiger charge is -2.21. The fraction of sp³-hybridized carbons (Fsp3) is 0.529. The summed E-state index contributed by atoms with van der Waals surface area (Å²) < 4.78 is 36.1. The van der Waals surface area contributed by atoms with Crippen molar-refractivity contribution >= 4 is 22.0 Å². The van der Waals surface area contributed by atoms with Crippen molar-refractivity contribution in [3.8, 4) is 0 Å². The number of nitrogens with zero attached hydrogens (tertiary/aromatic N) is 1. The fourth-order valence-corrected chi connectivity index (χ4v) is 3.22. The molecule has 0 aromatic heterocycles. The first kappa shape index (κ1) is 21.1. The van der Waals surface area contributed by atoms with Crippen molar-refractivity contribution in [2.45, 2.75) is 51.2 Å². The normalized spacial score (nSPS) is 12.3. The third-order valence-corrected chi connectivity index (χ3v) is 5.24. The second-order valence-corrected chi connectivity index (χ2v) is 8.80. The first-order valence-electron chi connectivity index (χ1n) is 7.81. The van der Waals surface area contributed by atoms with Crippen LogP contribution in [0.5, 0.6) is 0 Å². The zero-order chi connectivity index (χ0) is 19.4. The molecule has 1 aromatic rings. The van der Waals surface area contributed by atoms with Crippen molar-refractivity contribution in [2.24, 2.45) is 0 Å². The number of rotatable bonds is 6. The van der Waals surface area contributed by atoms with Crippen LogP contribution in [0, 0.1) is 0 Å². The molecule has 0 radical (unpaired) electrons. The molecule has 0 aliphatic carbocycles. The highest BCUT2D eigenvalue weighted by Crippen LogP contribution is 2.18. The lowest BCUT2D eigenvalue weighted by molar-refractivity contribution is -0.158. The Balaban J connectivity index is 2.88. The summed E-state index contributed by atoms with van der Waals surface area (Å²) in [6.45, 7) is 8.05. The molecule has 25 heavy (non-hydrogen) atoms. The molecule has 1 rings (SSSR count). The summed E-state index contributed by atoms with van der Waals surface area (Å²) in [5.74, 6) is -1.47. The zero-order valence-corrected chi connectivity index (χ0v) is 16.2. The number of esters is 2. The minimum atomic E-state index is -3.72. The molecule has 0 aliphatic heterocycles. The van der Waals surface area contributed by atoms with Gasteiger partial charge >= 0.3 is 11.9 Å². The van der Waals surface area contributed by atoms with Gasteiger partial charge in [-0.15, -0.1) is 0 Å². The standard InChI is InChI=1S/C17H25NO6S/c1-12(2)18(6)25(21,22)14-9-7-8-13(10-14)16(20)23-11-15(19)24-17(3,4)5/h7-10,12H,11H2,1-6H3. The summed E-state index contributed by atoms with van der Waals surface area (Å²) >= 11 is 0. The molecule has 8 heteroatoms. The average Bonchev–Trinajstić information content (AvgIpc) is 2.50. The third kappa shape index (κ3) is 6.13. The van der Waals surface area contributed by atoms with Crippen LogP contribution in [-0.2, 0) is 24.3 Å². The highest BCUT2D eigenvalue weighted by molar-refractivity contribution is 7.89. The van der Waals surface area contributed by atoms with Gasteiger partial charge in [-0.1, -0.05) is 6.07 Å². The Morgan fingerprint density at radius 3 is 2.32 bits per heavy atom. The number of sulfonamides is 1. The maximum Gasteiger partial charge on any atom is 0.344 e. The molecule has 0 aliphatic rings. The van der Waals surface area contributed by atoms with E-state index >= 15 is 0 Å². The van der Waals surface area contributed by atoms with Gasteiger partial charge in [-0.3, -0.25) is 0 Å². The number of hydrogen-bond donors (Lipinski definition) is 0. The topological polar surface area (TPSA) is 90.0 Å². The van der Waals surface area contributed by atoms with Gasteiger partial charge in [-0.25, -0.2) is 18.0 Å². The van der Waals surface area contributed by atoms with Crippen LogP contribution >= 0.6 is 0 Å². The Kier molecular flexibility index (Phi) is 6.73. The van der Waals surface area contributed by atoms with Gasteiger partial charge in [0, 0.05) is 13.1 Å². The Morgan fingerprint density at radius 2 is 1.80 bits per heavy atom. The molecule has 0 unspecified atom stereocenters. The van der Waals surface area contributed by atoms with E-state index in [-0.39, 0.29) is 16.5 Å². The van der Waals surface area contributed by atoms with Gasteiger partial charge in [0.25, 0.3) is 0 Å². The van der Waals surface area contributed by atoms with Crippen LogP contribution in [0.25, 0.3) is 0 Å². The van der Waals surface area contributed by atoms with Crippen LogP contribution in [0.2, 0.25) is 0 Å². The van der Waals surface area contributed by atoms with Crippen molar-refractivity contribution in [1.29, 1.82) is 0 Å². The molecule has 140 valence electrons. The number of hydrogen-bond acceptors (Lipinski definition) is 6. The first-order chi connectivity index (χ1) is 11.3. The Labute approximate surface area is 149 Å². The molecule has 0 amide bonds. The van der Waals surface area contributed by atoms with E-state index in [9.17, 15) is 18.0 Å². The molecule has 0 bridgehead atoms. The van der Waals surface area contributed by atoms with E-state index in [1.54, 1.807) is 34.6 Å². The van der Waals surface area contributed by atoms with E-state index < -0.39 is 34.2 Å². The smallest absolute Gasteiger partial charge is 0.344 e. The van der Waals surface area contributed by atoms with Crippen molar-refractivity contribution in [2.75, 3.05) is 13.7 Å². The first-order valence-corrected chi connectivity index (χ1v) is 9.25. The molecule has 0 N–H and O–H groups in total. The number of ether oxygens (including phenoxy) is 2. The van der Waals surface area contributed by atoms with E-state index in [0.717, 1.165) is 0 Å². The Bertz CT molecular complexity index is 734. The molecule has 0 atom stereocenters. The lowest BCUT2D eigenvalue weighted by atomic mass is 10.2. The molecular weight excluding hydrogens is 346 g/mol. The predicted octanol–water partition coefficient (Wildman–Crippen LogP) is 2.21. The predicted molar refractivity (Wildman–Crippen MR) is 92.7 cm³/mol. The van der Waals surface area contributed by atoms with E-state index in [2.05, 4.69) is 0 Å². The lowest BCUT2D eigenvalue weighted by Crippen LogP contribution is -2.33. The van der Waals surface area contributed by atoms with Crippen molar-refractivity contribution < 1.29 is 27.5 Å². The van der Waals surface area contributed by atoms with E-state index in [1.807, 2.05) is 0 Å². The van der Waals surface area contributed by atoms with E-state index in [0.29, 0.717) is 0 Å². The van der Waals surface area contributed by atoms with Crippen molar-refractivity contribution in [1.82, 2.24) is 4.31 Å². The third-order valence-electron chi connectivity index (χ3n) is 3.22. The zero-order valence-electron chi connectivity index (χ0n) is 15.4. The van der Waals surface area contributed by atoms with Crippen LogP contribution in [-0.4, -0.2) is 50.0 Å². The highest BCUT2D eigenvalue weighted by atomic mass is 32.2. The minimum absolute atomic E-state index is 0.0181. The second-order valence-electron chi connectivity index (χ2n) is 6.81. The molecule has 0 fully saturated rings. The van der Waals surface area contributed by atoms with Gasteiger partial charge < -0.3 is 9.47 Å². The quantitative estimate of drug-likeness (QED) is 0.712. The minimum Gasteiger partial charge on any atom is -0.457 e. The monoisotopic (exact) mass is 371 g/mol. The molecule has 7 nitrogen and oxygen atoms in total. The molecule has 0 saturated heterocycles. The summed E-state index contributed by atoms with van der Waals surface area (Å²) in [6.07, 6.45) is 0. The number of carbonyl (C=O) groups excluding carboxylic acids is 2. The SMILES string of the molecule is CC(C)N(C)S(=O)(=O)c1cccc(C(=O)OCC(=O)OC(C)(C)C)c1. The summed E-state index contributed by atoms with van der Waals surface area (Å²) in [7, 11) is -2.25. The summed E-state index contributed by atoms with van der Waals surface area (Å²) in [5.41, 5.74) is -0.638. The van der Waals surface area contributed by atoms with E-state index in [1.165, 1.54) is 35.6 Å². The molecule has 1 aromatic carbocycles. The molecule has 0 spiro atoms. The van der Waals surface area contributed by atoms with E-state index in [4.69, 9.17) is 9.47 Å². The Hall–Kier alpha value is -1.93. The van der Waals surface area contributed by atoms with Gasteiger partial charge in [0.1, 0.15) is 5.60 Å². The van der Waals surface area contributed by atoms with Crippen LogP contribution in [0.3, 0.4) is 0 Å². The van der Waals surface area contributed by atoms with Crippen molar-refractivity contribution in [3.05, 3.63) is 29.8 Å². The fourth-order valence-electron chi connectivity index (χ4n) is 1.81. The number of carbonyl (C=O) groups is 2. The maximum atomic E-state index is 12.5. The van der Waals surface area contributed by atoms with Gasteiger partial charge in [0.05, 0.1) is 10.5 Å². The molecule has 0 saturated carbocycles. The number of benzene rings is 1. The maximum absolute atomic E-state index is 12.5. The Morgan fingerprint density at radius 1 is 1.20 bits per heavy atom. The average molecular weight is 371 g/mol. The van der Waals surface area contributed by atoms with Crippen LogP contribution in [0.1, 0.15) is 45.0 Å². The molecule has 0 heterocycles. The van der Waals surface area contributed by atoms with Gasteiger partial charge in [0.15, 0.2) is 6.61 Å². The largest absolute Gasteiger partial charge is 0.457 e. The van der Waals surface area contributed by atoms with Crippen LogP contribution in [0.4, 0.5) is 0 Å². The van der Waals surface area contributed by atoms with Gasteiger partial charge in [-0.2, -0.15) is 4.31 Å². The van der Waals surface area contributed by atoms with Gasteiger partial charge in [-0.05, 0) is 52.8 Å². The van der Waals surface area contributed by atoms with Crippen LogP contribution in [0.15, 0.2) is 29.2 Å². The summed E-state index contributed by atoms with van der Waals surface area (Å²) in [5, 5.41) is 0.